The summed E-state index contributed by atoms with van der Waals surface area (Å²) in [6, 6.07) is 7.63. The van der Waals surface area contributed by atoms with Crippen molar-refractivity contribution in [3.63, 3.8) is 0 Å². The van der Waals surface area contributed by atoms with Crippen LogP contribution in [0.5, 0.6) is 0 Å². The van der Waals surface area contributed by atoms with Crippen LogP contribution in [0, 0.1) is 24.0 Å². The van der Waals surface area contributed by atoms with Crippen molar-refractivity contribution in [1.29, 1.82) is 5.26 Å². The third-order valence-electron chi connectivity index (χ3n) is 4.56. The van der Waals surface area contributed by atoms with Gasteiger partial charge in [-0.1, -0.05) is 0 Å². The number of rotatable bonds is 4. The molecule has 0 unspecified atom stereocenters. The van der Waals surface area contributed by atoms with Crippen molar-refractivity contribution in [2.45, 2.75) is 26.1 Å². The molecule has 3 rings (SSSR count). The molecule has 2 heterocycles. The molecule has 0 spiro atoms. The lowest BCUT2D eigenvalue weighted by atomic mass is 9.45. The van der Waals surface area contributed by atoms with Crippen LogP contribution in [0.4, 0.5) is 20.6 Å². The summed E-state index contributed by atoms with van der Waals surface area (Å²) in [5, 5.41) is 14.3. The van der Waals surface area contributed by atoms with E-state index in [0.29, 0.717) is 17.9 Å². The second kappa shape index (κ2) is 8.65. The minimum Gasteiger partial charge on any atom is -0.308 e. The normalized spacial score (nSPS) is 14.5. The number of urea groups is 1. The zero-order chi connectivity index (χ0) is 19.2. The number of nitrogens with one attached hydrogen (secondary N) is 2. The van der Waals surface area contributed by atoms with E-state index < -0.39 is 11.8 Å². The summed E-state index contributed by atoms with van der Waals surface area (Å²) >= 11 is 0. The first-order chi connectivity index (χ1) is 13.0. The minimum absolute atomic E-state index is 0.117. The zero-order valence-corrected chi connectivity index (χ0v) is 15.2. The molecule has 1 aliphatic heterocycles. The summed E-state index contributed by atoms with van der Waals surface area (Å²) in [5.41, 5.74) is 2.61. The van der Waals surface area contributed by atoms with Crippen molar-refractivity contribution >= 4 is 24.1 Å². The quantitative estimate of drug-likeness (QED) is 0.812. The SMILES string of the molecule is Cc1ccc(NC(=O)Nc2cc(F)cc(CN3CCB(C#N)CC3)c2)cn1. The number of carbonyl (C=O) groups excluding carboxylic acids is 1. The van der Waals surface area contributed by atoms with E-state index in [1.54, 1.807) is 24.4 Å². The zero-order valence-electron chi connectivity index (χ0n) is 15.2. The van der Waals surface area contributed by atoms with E-state index in [1.165, 1.54) is 12.1 Å². The highest BCUT2D eigenvalue weighted by atomic mass is 19.1. The molecule has 8 heteroatoms. The molecule has 0 atom stereocenters. The fourth-order valence-electron chi connectivity index (χ4n) is 3.13. The summed E-state index contributed by atoms with van der Waals surface area (Å²) in [7, 11) is 0. The number of anilines is 2. The Hall–Kier alpha value is -2.92. The van der Waals surface area contributed by atoms with Gasteiger partial charge in [0.1, 0.15) is 5.82 Å². The molecule has 2 amide bonds. The standard InChI is InChI=1S/C19H21BFN5O/c1-14-2-3-17(11-23-14)24-19(27)25-18-9-15(8-16(21)10-18)12-26-6-4-20(13-22)5-7-26/h2-3,8-11H,4-7,12H2,1H3,(H2,24,25,27). The minimum atomic E-state index is -0.452. The van der Waals surface area contributed by atoms with E-state index in [4.69, 9.17) is 5.26 Å². The average molecular weight is 365 g/mol. The molecular weight excluding hydrogens is 344 g/mol. The van der Waals surface area contributed by atoms with Gasteiger partial charge in [0.25, 0.3) is 6.71 Å². The Morgan fingerprint density at radius 3 is 2.67 bits per heavy atom. The molecule has 1 aromatic heterocycles. The summed E-state index contributed by atoms with van der Waals surface area (Å²) in [4.78, 5) is 18.4. The number of benzene rings is 1. The molecule has 0 radical (unpaired) electrons. The molecule has 2 N–H and O–H groups in total. The van der Waals surface area contributed by atoms with Crippen LogP contribution in [0.15, 0.2) is 36.5 Å². The molecule has 1 aliphatic rings. The topological polar surface area (TPSA) is 81.0 Å². The molecule has 1 aromatic carbocycles. The molecule has 2 aromatic rings. The van der Waals surface area contributed by atoms with E-state index in [-0.39, 0.29) is 6.71 Å². The van der Waals surface area contributed by atoms with Crippen LogP contribution in [-0.2, 0) is 6.54 Å². The first-order valence-corrected chi connectivity index (χ1v) is 8.94. The Kier molecular flexibility index (Phi) is 6.04. The maximum atomic E-state index is 14.0. The van der Waals surface area contributed by atoms with Crippen molar-refractivity contribution in [1.82, 2.24) is 9.88 Å². The van der Waals surface area contributed by atoms with Gasteiger partial charge in [0.2, 0.25) is 0 Å². The molecule has 27 heavy (non-hydrogen) atoms. The molecule has 6 nitrogen and oxygen atoms in total. The van der Waals surface area contributed by atoms with Crippen molar-refractivity contribution in [3.05, 3.63) is 53.6 Å². The predicted octanol–water partition coefficient (Wildman–Crippen LogP) is 3.55. The number of pyridine rings is 1. The summed E-state index contributed by atoms with van der Waals surface area (Å²) in [5.74, 6) is 1.91. The van der Waals surface area contributed by atoms with Gasteiger partial charge < -0.3 is 15.5 Å². The van der Waals surface area contributed by atoms with Crippen molar-refractivity contribution in [2.24, 2.45) is 0 Å². The van der Waals surface area contributed by atoms with Crippen LogP contribution >= 0.6 is 0 Å². The van der Waals surface area contributed by atoms with Gasteiger partial charge in [-0.3, -0.25) is 4.98 Å². The Labute approximate surface area is 158 Å². The van der Waals surface area contributed by atoms with E-state index in [9.17, 15) is 9.18 Å². The van der Waals surface area contributed by atoms with E-state index in [0.717, 1.165) is 37.0 Å². The number of nitrogens with zero attached hydrogens (tertiary/aromatic N) is 3. The van der Waals surface area contributed by atoms with Gasteiger partial charge in [-0.05, 0) is 68.5 Å². The first kappa shape index (κ1) is 18.9. The number of aryl methyl sites for hydroxylation is 1. The molecule has 0 saturated carbocycles. The van der Waals surface area contributed by atoms with Gasteiger partial charge in [0.15, 0.2) is 0 Å². The highest BCUT2D eigenvalue weighted by Gasteiger charge is 2.22. The molecule has 1 saturated heterocycles. The van der Waals surface area contributed by atoms with Crippen LogP contribution in [0.2, 0.25) is 12.6 Å². The van der Waals surface area contributed by atoms with Gasteiger partial charge in [0, 0.05) is 23.9 Å². The summed E-state index contributed by atoms with van der Waals surface area (Å²) in [6.07, 6.45) is 3.24. The van der Waals surface area contributed by atoms with E-state index in [1.807, 2.05) is 6.92 Å². The Morgan fingerprint density at radius 1 is 1.26 bits per heavy atom. The first-order valence-electron chi connectivity index (χ1n) is 8.94. The van der Waals surface area contributed by atoms with Gasteiger partial charge in [-0.2, -0.15) is 0 Å². The Balaban J connectivity index is 1.60. The number of hydrogen-bond acceptors (Lipinski definition) is 4. The van der Waals surface area contributed by atoms with Crippen molar-refractivity contribution < 1.29 is 9.18 Å². The van der Waals surface area contributed by atoms with Gasteiger partial charge in [0.05, 0.1) is 11.9 Å². The van der Waals surface area contributed by atoms with Crippen LogP contribution in [0.25, 0.3) is 0 Å². The average Bonchev–Trinajstić information content (AvgIpc) is 2.64. The lowest BCUT2D eigenvalue weighted by Crippen LogP contribution is -2.36. The third-order valence-corrected chi connectivity index (χ3v) is 4.56. The highest BCUT2D eigenvalue weighted by Crippen LogP contribution is 2.19. The van der Waals surface area contributed by atoms with E-state index >= 15 is 0 Å². The smallest absolute Gasteiger partial charge is 0.308 e. The lowest BCUT2D eigenvalue weighted by molar-refractivity contribution is 0.262. The summed E-state index contributed by atoms with van der Waals surface area (Å²) in [6.45, 7) is 4.21. The third kappa shape index (κ3) is 5.53. The molecule has 0 bridgehead atoms. The van der Waals surface area contributed by atoms with Crippen LogP contribution in [0.1, 0.15) is 11.3 Å². The highest BCUT2D eigenvalue weighted by molar-refractivity contribution is 6.67. The number of aromatic nitrogens is 1. The second-order valence-electron chi connectivity index (χ2n) is 6.80. The molecule has 1 fully saturated rings. The van der Waals surface area contributed by atoms with Gasteiger partial charge in [-0.25, -0.2) is 14.4 Å². The number of carbonyl (C=O) groups is 1. The maximum Gasteiger partial charge on any atom is 0.323 e. The molecular formula is C19H21BFN5O. The second-order valence-corrected chi connectivity index (χ2v) is 6.80. The van der Waals surface area contributed by atoms with Crippen LogP contribution < -0.4 is 10.6 Å². The fourth-order valence-corrected chi connectivity index (χ4v) is 3.13. The van der Waals surface area contributed by atoms with Crippen molar-refractivity contribution in [3.8, 4) is 5.97 Å². The number of halogens is 1. The van der Waals surface area contributed by atoms with Gasteiger partial charge >= 0.3 is 6.03 Å². The number of hydrogen-bond donors (Lipinski definition) is 2. The van der Waals surface area contributed by atoms with Gasteiger partial charge in [-0.15, -0.1) is 0 Å². The predicted molar refractivity (Wildman–Crippen MR) is 104 cm³/mol. The number of nitriles is 1. The molecule has 138 valence electrons. The maximum absolute atomic E-state index is 14.0. The Morgan fingerprint density at radius 2 is 2.00 bits per heavy atom. The van der Waals surface area contributed by atoms with E-state index in [2.05, 4.69) is 26.5 Å². The van der Waals surface area contributed by atoms with Crippen LogP contribution in [0.3, 0.4) is 0 Å². The fraction of sp³-hybridized carbons (Fsp3) is 0.316. The van der Waals surface area contributed by atoms with Crippen LogP contribution in [-0.4, -0.2) is 35.7 Å². The largest absolute Gasteiger partial charge is 0.323 e. The van der Waals surface area contributed by atoms with Crippen molar-refractivity contribution in [2.75, 3.05) is 23.7 Å². The monoisotopic (exact) mass is 365 g/mol. The lowest BCUT2D eigenvalue weighted by Gasteiger charge is -2.27. The Bertz CT molecular complexity index is 844. The summed E-state index contributed by atoms with van der Waals surface area (Å²) < 4.78 is 14.0. The number of amides is 2. The molecule has 0 aliphatic carbocycles.